The van der Waals surface area contributed by atoms with E-state index in [9.17, 15) is 0 Å². The Bertz CT molecular complexity index is 606. The maximum absolute atomic E-state index is 6.02. The van der Waals surface area contributed by atoms with Gasteiger partial charge in [0.15, 0.2) is 5.96 Å². The zero-order valence-corrected chi connectivity index (χ0v) is 22.1. The number of guanidine groups is 1. The summed E-state index contributed by atoms with van der Waals surface area (Å²) in [6, 6.07) is 4.70. The Balaban J connectivity index is 0.00000341. The van der Waals surface area contributed by atoms with Gasteiger partial charge in [0.2, 0.25) is 0 Å². The summed E-state index contributed by atoms with van der Waals surface area (Å²) in [6.45, 7) is 10.9. The molecule has 1 atom stereocenters. The van der Waals surface area contributed by atoms with Crippen LogP contribution in [0.2, 0.25) is 0 Å². The highest BCUT2D eigenvalue weighted by atomic mass is 127. The number of aliphatic imine (C=N–C) groups is 1. The topological polar surface area (TPSA) is 58.6 Å². The van der Waals surface area contributed by atoms with E-state index >= 15 is 0 Å². The van der Waals surface area contributed by atoms with E-state index in [1.165, 1.54) is 4.88 Å². The number of rotatable bonds is 10. The Labute approximate surface area is 208 Å². The van der Waals surface area contributed by atoms with Gasteiger partial charge < -0.3 is 24.4 Å². The standard InChI is InChI=1S/C22H38N4O3S.HI/c1-3-23-22(26-9-7-19(8-10-26)29-14-5-13-27-2)24-18-20(21-6-4-17-30-21)25-11-15-28-16-12-25;/h4,6,17,19-20H,3,5,7-16,18H2,1-2H3,(H,23,24);1H. The Morgan fingerprint density at radius 1 is 1.26 bits per heavy atom. The molecule has 1 aromatic heterocycles. The second-order valence-electron chi connectivity index (χ2n) is 7.78. The van der Waals surface area contributed by atoms with Gasteiger partial charge in [0.25, 0.3) is 0 Å². The molecule has 1 unspecified atom stereocenters. The Morgan fingerprint density at radius 2 is 2.03 bits per heavy atom. The van der Waals surface area contributed by atoms with Crippen molar-refractivity contribution in [1.29, 1.82) is 0 Å². The number of thiophene rings is 1. The molecule has 2 aliphatic heterocycles. The number of likely N-dealkylation sites (tertiary alicyclic amines) is 1. The highest BCUT2D eigenvalue weighted by Crippen LogP contribution is 2.26. The largest absolute Gasteiger partial charge is 0.385 e. The summed E-state index contributed by atoms with van der Waals surface area (Å²) in [5.74, 6) is 1.03. The van der Waals surface area contributed by atoms with Crippen LogP contribution in [0.25, 0.3) is 0 Å². The van der Waals surface area contributed by atoms with Gasteiger partial charge in [-0.1, -0.05) is 6.07 Å². The Morgan fingerprint density at radius 3 is 2.68 bits per heavy atom. The first-order valence-corrected chi connectivity index (χ1v) is 12.2. The second-order valence-corrected chi connectivity index (χ2v) is 8.76. The fourth-order valence-electron chi connectivity index (χ4n) is 4.04. The number of hydrogen-bond acceptors (Lipinski definition) is 6. The molecule has 3 rings (SSSR count). The predicted octanol–water partition coefficient (Wildman–Crippen LogP) is 3.22. The molecule has 3 heterocycles. The van der Waals surface area contributed by atoms with Gasteiger partial charge in [-0.3, -0.25) is 9.89 Å². The lowest BCUT2D eigenvalue weighted by Gasteiger charge is -2.35. The van der Waals surface area contributed by atoms with Crippen LogP contribution < -0.4 is 5.32 Å². The third kappa shape index (κ3) is 8.77. The van der Waals surface area contributed by atoms with E-state index in [0.29, 0.717) is 12.1 Å². The van der Waals surface area contributed by atoms with E-state index in [4.69, 9.17) is 19.2 Å². The summed E-state index contributed by atoms with van der Waals surface area (Å²) in [5.41, 5.74) is 0. The lowest BCUT2D eigenvalue weighted by atomic mass is 10.1. The highest BCUT2D eigenvalue weighted by molar-refractivity contribution is 14.0. The van der Waals surface area contributed by atoms with E-state index in [1.807, 2.05) is 11.3 Å². The number of morpholine rings is 1. The third-order valence-electron chi connectivity index (χ3n) is 5.69. The summed E-state index contributed by atoms with van der Waals surface area (Å²) in [6.07, 6.45) is 3.42. The molecule has 31 heavy (non-hydrogen) atoms. The van der Waals surface area contributed by atoms with Crippen molar-refractivity contribution in [3.8, 4) is 0 Å². The Kier molecular flexibility index (Phi) is 13.3. The smallest absolute Gasteiger partial charge is 0.193 e. The number of nitrogens with one attached hydrogen (secondary N) is 1. The van der Waals surface area contributed by atoms with Gasteiger partial charge in [-0.25, -0.2) is 0 Å². The molecule has 0 radical (unpaired) electrons. The van der Waals surface area contributed by atoms with Gasteiger partial charge >= 0.3 is 0 Å². The van der Waals surface area contributed by atoms with Gasteiger partial charge in [-0.2, -0.15) is 0 Å². The van der Waals surface area contributed by atoms with Crippen LogP contribution in [0.1, 0.15) is 37.1 Å². The van der Waals surface area contributed by atoms with E-state index < -0.39 is 0 Å². The molecule has 178 valence electrons. The minimum absolute atomic E-state index is 0. The first kappa shape index (κ1) is 26.8. The molecule has 2 saturated heterocycles. The van der Waals surface area contributed by atoms with Crippen molar-refractivity contribution >= 4 is 41.3 Å². The number of piperidine rings is 1. The summed E-state index contributed by atoms with van der Waals surface area (Å²) < 4.78 is 16.7. The minimum Gasteiger partial charge on any atom is -0.385 e. The summed E-state index contributed by atoms with van der Waals surface area (Å²) in [4.78, 5) is 11.4. The number of halogens is 1. The van der Waals surface area contributed by atoms with Crippen LogP contribution in [-0.2, 0) is 14.2 Å². The average molecular weight is 567 g/mol. The Hall–Kier alpha value is -0.460. The SMILES string of the molecule is CCNC(=NCC(c1cccs1)N1CCOCC1)N1CCC(OCCCOC)CC1.I. The summed E-state index contributed by atoms with van der Waals surface area (Å²) in [7, 11) is 1.74. The quantitative estimate of drug-likeness (QED) is 0.203. The van der Waals surface area contributed by atoms with Gasteiger partial charge in [0.05, 0.1) is 31.9 Å². The van der Waals surface area contributed by atoms with E-state index in [2.05, 4.69) is 39.6 Å². The van der Waals surface area contributed by atoms with Crippen LogP contribution in [0.3, 0.4) is 0 Å². The molecule has 1 N–H and O–H groups in total. The van der Waals surface area contributed by atoms with Crippen molar-refractivity contribution in [3.63, 3.8) is 0 Å². The molecule has 0 aromatic carbocycles. The molecule has 0 saturated carbocycles. The first-order valence-electron chi connectivity index (χ1n) is 11.3. The zero-order chi connectivity index (χ0) is 21.0. The molecule has 0 bridgehead atoms. The molecule has 9 heteroatoms. The lowest BCUT2D eigenvalue weighted by molar-refractivity contribution is 0.00971. The number of hydrogen-bond donors (Lipinski definition) is 1. The highest BCUT2D eigenvalue weighted by Gasteiger charge is 2.25. The molecule has 2 fully saturated rings. The fourth-order valence-corrected chi connectivity index (χ4v) is 4.89. The number of methoxy groups -OCH3 is 1. The molecular formula is C22H39IN4O3S. The molecular weight excluding hydrogens is 527 g/mol. The molecule has 0 spiro atoms. The monoisotopic (exact) mass is 566 g/mol. The molecule has 0 aliphatic carbocycles. The molecule has 7 nitrogen and oxygen atoms in total. The van der Waals surface area contributed by atoms with Crippen molar-refractivity contribution in [3.05, 3.63) is 22.4 Å². The van der Waals surface area contributed by atoms with E-state index in [0.717, 1.165) is 90.9 Å². The van der Waals surface area contributed by atoms with Crippen molar-refractivity contribution in [2.24, 2.45) is 4.99 Å². The van der Waals surface area contributed by atoms with Gasteiger partial charge in [-0.15, -0.1) is 35.3 Å². The summed E-state index contributed by atoms with van der Waals surface area (Å²) in [5, 5.41) is 5.67. The van der Waals surface area contributed by atoms with Crippen molar-refractivity contribution in [1.82, 2.24) is 15.1 Å². The number of nitrogens with zero attached hydrogens (tertiary/aromatic N) is 3. The van der Waals surface area contributed by atoms with Crippen LogP contribution in [0, 0.1) is 0 Å². The maximum atomic E-state index is 6.02. The predicted molar refractivity (Wildman–Crippen MR) is 138 cm³/mol. The van der Waals surface area contributed by atoms with E-state index in [1.54, 1.807) is 7.11 Å². The molecule has 0 amide bonds. The van der Waals surface area contributed by atoms with Gasteiger partial charge in [0.1, 0.15) is 0 Å². The van der Waals surface area contributed by atoms with Gasteiger partial charge in [-0.05, 0) is 37.6 Å². The zero-order valence-electron chi connectivity index (χ0n) is 19.0. The van der Waals surface area contributed by atoms with Crippen molar-refractivity contribution in [2.75, 3.05) is 72.8 Å². The molecule has 1 aromatic rings. The van der Waals surface area contributed by atoms with Gasteiger partial charge in [0, 0.05) is 57.9 Å². The minimum atomic E-state index is 0. The lowest BCUT2D eigenvalue weighted by Crippen LogP contribution is -2.47. The fraction of sp³-hybridized carbons (Fsp3) is 0.773. The van der Waals surface area contributed by atoms with Crippen LogP contribution in [0.5, 0.6) is 0 Å². The average Bonchev–Trinajstić information content (AvgIpc) is 3.32. The normalized spacial score (nSPS) is 19.8. The van der Waals surface area contributed by atoms with Crippen LogP contribution in [0.4, 0.5) is 0 Å². The first-order chi connectivity index (χ1) is 14.8. The summed E-state index contributed by atoms with van der Waals surface area (Å²) >= 11 is 1.83. The van der Waals surface area contributed by atoms with E-state index in [-0.39, 0.29) is 24.0 Å². The van der Waals surface area contributed by atoms with Crippen LogP contribution in [-0.4, -0.2) is 94.7 Å². The second kappa shape index (κ2) is 15.4. The van der Waals surface area contributed by atoms with Crippen molar-refractivity contribution < 1.29 is 14.2 Å². The van der Waals surface area contributed by atoms with Crippen LogP contribution >= 0.6 is 35.3 Å². The molecule has 2 aliphatic rings. The van der Waals surface area contributed by atoms with Crippen LogP contribution in [0.15, 0.2) is 22.5 Å². The number of ether oxygens (including phenoxy) is 3. The third-order valence-corrected chi connectivity index (χ3v) is 6.67. The van der Waals surface area contributed by atoms with Crippen molar-refractivity contribution in [2.45, 2.75) is 38.3 Å². The maximum Gasteiger partial charge on any atom is 0.193 e.